The molecule has 6 unspecified atom stereocenters. The molecule has 3 amide bonds. The zero-order valence-electron chi connectivity index (χ0n) is 73.2. The van der Waals surface area contributed by atoms with E-state index in [1.54, 1.807) is 33.7 Å². The topological polar surface area (TPSA) is 180 Å². The van der Waals surface area contributed by atoms with Crippen molar-refractivity contribution in [3.8, 4) is 0 Å². The summed E-state index contributed by atoms with van der Waals surface area (Å²) in [5.41, 5.74) is 2.52. The molecule has 8 heterocycles. The lowest BCUT2D eigenvalue weighted by molar-refractivity contribution is -0.135. The second-order valence-electron chi connectivity index (χ2n) is 41.1. The first-order valence-electron chi connectivity index (χ1n) is 40.5. The fraction of sp³-hybridized carbons (Fsp3) is 0.964. The number of sulfonamides is 3. The van der Waals surface area contributed by atoms with Crippen LogP contribution in [-0.2, 0) is 44.5 Å². The van der Waals surface area contributed by atoms with Gasteiger partial charge in [-0.15, -0.1) is 0 Å². The summed E-state index contributed by atoms with van der Waals surface area (Å²) in [5, 5.41) is 0. The molecule has 0 radical (unpaired) electrons. The van der Waals surface area contributed by atoms with Gasteiger partial charge in [0.15, 0.2) is 0 Å². The second-order valence-corrected chi connectivity index (χ2v) is 47.0. The second kappa shape index (κ2) is 41.9. The monoisotopic (exact) mass is 1520 g/mol. The Balaban J connectivity index is 0.000000589. The summed E-state index contributed by atoms with van der Waals surface area (Å²) in [6.07, 6.45) is 26.6. The van der Waals surface area contributed by atoms with Gasteiger partial charge in [0.2, 0.25) is 47.8 Å². The van der Waals surface area contributed by atoms with Crippen molar-refractivity contribution in [1.82, 2.24) is 37.4 Å². The number of rotatable bonds is 3. The lowest BCUT2D eigenvalue weighted by Gasteiger charge is -2.43. The number of piperidine rings is 8. The van der Waals surface area contributed by atoms with E-state index in [0.29, 0.717) is 83.6 Å². The van der Waals surface area contributed by atoms with Crippen LogP contribution in [0, 0.1) is 72.9 Å². The molecule has 103 heavy (non-hydrogen) atoms. The van der Waals surface area contributed by atoms with Gasteiger partial charge in [0, 0.05) is 111 Å². The smallest absolute Gasteiger partial charge is 0.219 e. The summed E-state index contributed by atoms with van der Waals surface area (Å²) in [4.78, 5) is 44.6. The first-order valence-corrected chi connectivity index (χ1v) is 46.0. The lowest BCUT2D eigenvalue weighted by atomic mass is 9.75. The zero-order valence-corrected chi connectivity index (χ0v) is 75.7. The maximum atomic E-state index is 11.6. The van der Waals surface area contributed by atoms with E-state index in [9.17, 15) is 39.6 Å². The fourth-order valence-corrected chi connectivity index (χ4v) is 19.6. The number of hydrogen-bond donors (Lipinski definition) is 0. The molecule has 0 aliphatic carbocycles. The Morgan fingerprint density at radius 2 is 0.631 bits per heavy atom. The van der Waals surface area contributed by atoms with Crippen LogP contribution in [0.3, 0.4) is 0 Å². The highest BCUT2D eigenvalue weighted by molar-refractivity contribution is 7.88. The lowest BCUT2D eigenvalue weighted by Crippen LogP contribution is -2.49. The van der Waals surface area contributed by atoms with Gasteiger partial charge in [0.25, 0.3) is 0 Å². The van der Waals surface area contributed by atoms with E-state index in [1.807, 2.05) is 14.7 Å². The molecule has 0 aromatic rings. The molecular weight excluding hydrogens is 1350 g/mol. The molecule has 8 rings (SSSR count). The van der Waals surface area contributed by atoms with Crippen molar-refractivity contribution in [2.75, 3.05) is 118 Å². The van der Waals surface area contributed by atoms with Gasteiger partial charge in [-0.25, -0.2) is 33.9 Å². The largest absolute Gasteiger partial charge is 0.343 e. The molecule has 20 heteroatoms. The van der Waals surface area contributed by atoms with Gasteiger partial charge in [-0.2, -0.15) is 4.31 Å². The molecule has 0 saturated carbocycles. The number of carbonyl (C=O) groups is 3. The van der Waals surface area contributed by atoms with E-state index >= 15 is 0 Å². The van der Waals surface area contributed by atoms with E-state index in [-0.39, 0.29) is 40.0 Å². The third kappa shape index (κ3) is 38.0. The number of carbonyl (C=O) groups excluding carboxylic acids is 3. The minimum Gasteiger partial charge on any atom is -0.343 e. The molecule has 0 spiro atoms. The van der Waals surface area contributed by atoms with Gasteiger partial charge < -0.3 is 24.5 Å². The summed E-state index contributed by atoms with van der Waals surface area (Å²) < 4.78 is 73.3. The van der Waals surface area contributed by atoms with E-state index in [1.165, 1.54) is 115 Å². The Bertz CT molecular complexity index is 2810. The molecular formula is C83H168N8O9S3. The van der Waals surface area contributed by atoms with Crippen LogP contribution < -0.4 is 0 Å². The molecule has 612 valence electrons. The summed E-state index contributed by atoms with van der Waals surface area (Å²) in [6.45, 7) is 71.2. The number of amides is 3. The standard InChI is InChI=1S/3C11H21NO.3C10H21NO2S.2C10H21N/c1-9(13)12-7-5-10(6-8-12)11(2,3)4;1-9(13)12-7-5-6-10(8-12)11(2,3)4;1-9(13)12-8-6-5-7-10(12)11(2,3)4;1-10(2,3)9-5-7-11(8-6-9)14(4,12)13;1-10(2,3)9-6-5-7-11(8-9)14(4,12)13;1-10(2,3)9-7-5-6-8-11(9)14(4,12)13;1-10(2,3)9-6-5-7-11(4)8-9;1-10(2,3)9-7-5-6-8-11(9)4/h3*10H,5-8H2,1-4H3;3*9H,5-8H2,1-4H3;2*9H,5-8H2,1-4H3. The highest BCUT2D eigenvalue weighted by Crippen LogP contribution is 2.40. The molecule has 17 nitrogen and oxygen atoms in total. The predicted molar refractivity (Wildman–Crippen MR) is 439 cm³/mol. The normalized spacial score (nSPS) is 25.2. The summed E-state index contributed by atoms with van der Waals surface area (Å²) in [5.74, 6) is 4.20. The van der Waals surface area contributed by atoms with Crippen molar-refractivity contribution >= 4 is 47.8 Å². The average Bonchev–Trinajstić information content (AvgIpc) is 0.813. The van der Waals surface area contributed by atoms with Crippen LogP contribution >= 0.6 is 0 Å². The highest BCUT2D eigenvalue weighted by Gasteiger charge is 2.39. The molecule has 0 bridgehead atoms. The molecule has 8 saturated heterocycles. The van der Waals surface area contributed by atoms with Gasteiger partial charge >= 0.3 is 0 Å². The maximum absolute atomic E-state index is 11.6. The van der Waals surface area contributed by atoms with E-state index < -0.39 is 30.1 Å². The van der Waals surface area contributed by atoms with Crippen LogP contribution in [0.25, 0.3) is 0 Å². The molecule has 8 aliphatic heterocycles. The number of hydrogen-bond acceptors (Lipinski definition) is 11. The third-order valence-electron chi connectivity index (χ3n) is 23.9. The van der Waals surface area contributed by atoms with Crippen molar-refractivity contribution in [3.63, 3.8) is 0 Å². The molecule has 6 atom stereocenters. The van der Waals surface area contributed by atoms with Gasteiger partial charge in [-0.3, -0.25) is 14.4 Å². The SMILES string of the molecule is CC(=O)N1CCC(C(C)(C)C)CC1.CC(=O)N1CCCC(C(C)(C)C)C1.CC(=O)N1CCCCC1C(C)(C)C.CC(C)(C)C1CCCCN1S(C)(=O)=O.CC(C)(C)C1CCCN(S(C)(=O)=O)C1.CC(C)(C)C1CCN(S(C)(=O)=O)CC1.CN1CCCC(C(C)(C)C)C1.CN1CCCCC1C(C)(C)C. The first-order chi connectivity index (χ1) is 46.4. The first kappa shape index (κ1) is 99.1. The molecule has 0 N–H and O–H groups in total. The Morgan fingerprint density at radius 3 is 0.951 bits per heavy atom. The molecule has 0 aromatic heterocycles. The third-order valence-corrected chi connectivity index (χ3v) is 27.7. The van der Waals surface area contributed by atoms with E-state index in [2.05, 4.69) is 190 Å². The Morgan fingerprint density at radius 1 is 0.282 bits per heavy atom. The number of nitrogens with zero attached hydrogens (tertiary/aromatic N) is 8. The van der Waals surface area contributed by atoms with Gasteiger partial charge in [0.05, 0.1) is 18.8 Å². The minimum atomic E-state index is -3.02. The van der Waals surface area contributed by atoms with Crippen molar-refractivity contribution < 1.29 is 39.6 Å². The minimum absolute atomic E-state index is 0.0451. The van der Waals surface area contributed by atoms with Crippen LogP contribution in [-0.4, -0.2) is 216 Å². The van der Waals surface area contributed by atoms with Crippen LogP contribution in [0.1, 0.15) is 309 Å². The Labute approximate surface area is 639 Å². The van der Waals surface area contributed by atoms with E-state index in [0.717, 1.165) is 95.5 Å². The predicted octanol–water partition coefficient (Wildman–Crippen LogP) is 17.2. The van der Waals surface area contributed by atoms with Crippen LogP contribution in [0.2, 0.25) is 0 Å². The quantitative estimate of drug-likeness (QED) is 0.262. The highest BCUT2D eigenvalue weighted by atomic mass is 32.2. The fourth-order valence-electron chi connectivity index (χ4n) is 16.5. The molecule has 0 aromatic carbocycles. The van der Waals surface area contributed by atoms with Gasteiger partial charge in [0.1, 0.15) is 0 Å². The molecule has 8 fully saturated rings. The van der Waals surface area contributed by atoms with Crippen molar-refractivity contribution in [1.29, 1.82) is 0 Å². The van der Waals surface area contributed by atoms with Crippen LogP contribution in [0.5, 0.6) is 0 Å². The molecule has 8 aliphatic rings. The van der Waals surface area contributed by atoms with Crippen molar-refractivity contribution in [2.45, 2.75) is 327 Å². The van der Waals surface area contributed by atoms with Crippen molar-refractivity contribution in [3.05, 3.63) is 0 Å². The summed E-state index contributed by atoms with van der Waals surface area (Å²) in [7, 11) is -4.48. The zero-order chi connectivity index (χ0) is 80.1. The van der Waals surface area contributed by atoms with Crippen LogP contribution in [0.4, 0.5) is 0 Å². The van der Waals surface area contributed by atoms with E-state index in [4.69, 9.17) is 0 Å². The van der Waals surface area contributed by atoms with Gasteiger partial charge in [-0.1, -0.05) is 179 Å². The van der Waals surface area contributed by atoms with Gasteiger partial charge in [-0.05, 0) is 209 Å². The van der Waals surface area contributed by atoms with Crippen LogP contribution in [0.15, 0.2) is 0 Å². The summed E-state index contributed by atoms with van der Waals surface area (Å²) >= 11 is 0. The van der Waals surface area contributed by atoms with Crippen molar-refractivity contribution in [2.24, 2.45) is 72.9 Å². The summed E-state index contributed by atoms with van der Waals surface area (Å²) in [6, 6.07) is 1.42. The average molecular weight is 1520 g/mol. The number of likely N-dealkylation sites (tertiary alicyclic amines) is 5. The Kier molecular flexibility index (Phi) is 40.3. The maximum Gasteiger partial charge on any atom is 0.219 e. The Hall–Kier alpha value is -1.94.